The van der Waals surface area contributed by atoms with Crippen molar-refractivity contribution in [1.29, 1.82) is 5.26 Å². The smallest absolute Gasteiger partial charge is 0.255 e. The molecule has 3 heterocycles. The summed E-state index contributed by atoms with van der Waals surface area (Å²) in [6, 6.07) is 17.9. The molecule has 0 aliphatic carbocycles. The van der Waals surface area contributed by atoms with Crippen molar-refractivity contribution in [2.45, 2.75) is 33.4 Å². The fraction of sp³-hybridized carbons (Fsp3) is 0.346. The Morgan fingerprint density at radius 2 is 1.84 bits per heavy atom. The fourth-order valence-corrected chi connectivity index (χ4v) is 4.36. The Kier molecular flexibility index (Phi) is 6.67. The number of hydrogen-bond donors (Lipinski definition) is 0. The number of carbonyl (C=O) groups excluding carboxylic acids is 1. The van der Waals surface area contributed by atoms with Gasteiger partial charge in [-0.15, -0.1) is 0 Å². The van der Waals surface area contributed by atoms with Gasteiger partial charge in [0.25, 0.3) is 5.91 Å². The lowest BCUT2D eigenvalue weighted by Crippen LogP contribution is -2.35. The molecular weight excluding hydrogens is 398 g/mol. The van der Waals surface area contributed by atoms with Crippen LogP contribution in [0.5, 0.6) is 0 Å². The normalized spacial score (nSPS) is 14.7. The summed E-state index contributed by atoms with van der Waals surface area (Å²) >= 11 is 0. The third kappa shape index (κ3) is 4.90. The van der Waals surface area contributed by atoms with Gasteiger partial charge in [-0.2, -0.15) is 5.26 Å². The number of nitriles is 1. The summed E-state index contributed by atoms with van der Waals surface area (Å²) in [4.78, 5) is 22.2. The van der Waals surface area contributed by atoms with Crippen molar-refractivity contribution in [1.82, 2.24) is 19.4 Å². The zero-order valence-corrected chi connectivity index (χ0v) is 18.8. The molecule has 6 heteroatoms. The van der Waals surface area contributed by atoms with E-state index in [1.54, 1.807) is 6.20 Å². The molecule has 1 aromatic carbocycles. The maximum atomic E-state index is 13.4. The van der Waals surface area contributed by atoms with Gasteiger partial charge in [0.2, 0.25) is 0 Å². The Morgan fingerprint density at radius 1 is 1.03 bits per heavy atom. The summed E-state index contributed by atoms with van der Waals surface area (Å²) in [5.74, 6) is 0.116. The minimum atomic E-state index is 0.116. The average Bonchev–Trinajstić information content (AvgIpc) is 2.97. The van der Waals surface area contributed by atoms with Crippen LogP contribution < -0.4 is 0 Å². The fourth-order valence-electron chi connectivity index (χ4n) is 4.36. The number of benzene rings is 1. The van der Waals surface area contributed by atoms with Crippen LogP contribution in [0.2, 0.25) is 0 Å². The van der Waals surface area contributed by atoms with Crippen molar-refractivity contribution in [3.05, 3.63) is 88.5 Å². The highest BCUT2D eigenvalue weighted by Gasteiger charge is 2.24. The highest BCUT2D eigenvalue weighted by molar-refractivity contribution is 5.95. The number of hydrogen-bond acceptors (Lipinski definition) is 4. The highest BCUT2D eigenvalue weighted by Crippen LogP contribution is 2.20. The van der Waals surface area contributed by atoms with E-state index in [9.17, 15) is 4.79 Å². The van der Waals surface area contributed by atoms with Crippen LogP contribution in [-0.2, 0) is 13.1 Å². The largest absolute Gasteiger partial charge is 0.342 e. The minimum Gasteiger partial charge on any atom is -0.342 e. The lowest BCUT2D eigenvalue weighted by Gasteiger charge is -2.22. The van der Waals surface area contributed by atoms with Crippen molar-refractivity contribution in [3.8, 4) is 6.07 Å². The number of carbonyl (C=O) groups is 1. The van der Waals surface area contributed by atoms with Gasteiger partial charge in [0.15, 0.2) is 0 Å². The summed E-state index contributed by atoms with van der Waals surface area (Å²) in [5, 5.41) is 8.97. The monoisotopic (exact) mass is 427 g/mol. The third-order valence-corrected chi connectivity index (χ3v) is 6.22. The van der Waals surface area contributed by atoms with Crippen LogP contribution in [0.4, 0.5) is 0 Å². The van der Waals surface area contributed by atoms with Crippen LogP contribution in [0.3, 0.4) is 0 Å². The first-order valence-corrected chi connectivity index (χ1v) is 11.1. The third-order valence-electron chi connectivity index (χ3n) is 6.22. The maximum Gasteiger partial charge on any atom is 0.255 e. The van der Waals surface area contributed by atoms with Gasteiger partial charge in [-0.1, -0.05) is 18.2 Å². The number of nitrogens with zero attached hydrogens (tertiary/aromatic N) is 5. The van der Waals surface area contributed by atoms with Crippen LogP contribution >= 0.6 is 0 Å². The van der Waals surface area contributed by atoms with Gasteiger partial charge in [-0.25, -0.2) is 0 Å². The van der Waals surface area contributed by atoms with Gasteiger partial charge in [0.1, 0.15) is 0 Å². The number of rotatable bonds is 5. The lowest BCUT2D eigenvalue weighted by atomic mass is 10.1. The molecule has 6 nitrogen and oxygen atoms in total. The summed E-state index contributed by atoms with van der Waals surface area (Å²) in [7, 11) is 0. The van der Waals surface area contributed by atoms with Crippen molar-refractivity contribution < 1.29 is 4.79 Å². The second kappa shape index (κ2) is 9.80. The Balaban J connectivity index is 1.41. The van der Waals surface area contributed by atoms with E-state index in [1.165, 1.54) is 5.56 Å². The van der Waals surface area contributed by atoms with Gasteiger partial charge in [0, 0.05) is 50.3 Å². The molecule has 1 saturated heterocycles. The Morgan fingerprint density at radius 3 is 2.56 bits per heavy atom. The van der Waals surface area contributed by atoms with E-state index < -0.39 is 0 Å². The van der Waals surface area contributed by atoms with E-state index in [1.807, 2.05) is 60.4 Å². The number of aromatic nitrogens is 2. The molecular formula is C26H29N5O. The summed E-state index contributed by atoms with van der Waals surface area (Å²) in [5.41, 5.74) is 5.73. The zero-order chi connectivity index (χ0) is 22.5. The van der Waals surface area contributed by atoms with Gasteiger partial charge in [-0.05, 0) is 56.2 Å². The van der Waals surface area contributed by atoms with Crippen molar-refractivity contribution in [2.24, 2.45) is 0 Å². The molecule has 1 amide bonds. The van der Waals surface area contributed by atoms with E-state index in [-0.39, 0.29) is 5.91 Å². The maximum absolute atomic E-state index is 13.4. The van der Waals surface area contributed by atoms with Gasteiger partial charge in [-0.3, -0.25) is 14.7 Å². The molecule has 0 radical (unpaired) electrons. The molecule has 1 fully saturated rings. The summed E-state index contributed by atoms with van der Waals surface area (Å²) in [6.45, 7) is 8.88. The van der Waals surface area contributed by atoms with Crippen molar-refractivity contribution >= 4 is 5.91 Å². The second-order valence-corrected chi connectivity index (χ2v) is 8.42. The molecule has 4 rings (SSSR count). The van der Waals surface area contributed by atoms with Crippen LogP contribution in [-0.4, -0.2) is 51.4 Å². The van der Waals surface area contributed by atoms with Crippen molar-refractivity contribution in [2.75, 3.05) is 26.2 Å². The Bertz CT molecular complexity index is 1110. The predicted molar refractivity (Wildman–Crippen MR) is 124 cm³/mol. The Hall–Kier alpha value is -3.43. The first kappa shape index (κ1) is 21.8. The van der Waals surface area contributed by atoms with E-state index in [0.717, 1.165) is 61.8 Å². The minimum absolute atomic E-state index is 0.116. The van der Waals surface area contributed by atoms with Gasteiger partial charge in [0.05, 0.1) is 29.4 Å². The molecule has 0 atom stereocenters. The van der Waals surface area contributed by atoms with E-state index in [0.29, 0.717) is 12.1 Å². The molecule has 1 aliphatic rings. The molecule has 164 valence electrons. The molecule has 0 saturated carbocycles. The first-order chi connectivity index (χ1) is 15.5. The van der Waals surface area contributed by atoms with E-state index >= 15 is 0 Å². The van der Waals surface area contributed by atoms with Crippen molar-refractivity contribution in [3.63, 3.8) is 0 Å². The molecule has 3 aromatic rings. The Labute approximate surface area is 189 Å². The lowest BCUT2D eigenvalue weighted by molar-refractivity contribution is 0.0760. The van der Waals surface area contributed by atoms with Crippen LogP contribution in [0.15, 0.2) is 54.7 Å². The average molecular weight is 428 g/mol. The summed E-state index contributed by atoms with van der Waals surface area (Å²) in [6.07, 6.45) is 2.76. The standard InChI is InChI=1S/C26H29N5O/c1-20-16-25(21(2)31(20)19-24-6-3-4-11-28-24)26(32)30-13-5-12-29(14-15-30)18-23-9-7-22(17-27)8-10-23/h3-4,6-11,16H,5,12-15,18-19H2,1-2H3. The molecule has 32 heavy (non-hydrogen) atoms. The quantitative estimate of drug-likeness (QED) is 0.622. The van der Waals surface area contributed by atoms with Gasteiger partial charge >= 0.3 is 0 Å². The number of pyridine rings is 1. The SMILES string of the molecule is Cc1cc(C(=O)N2CCCN(Cc3ccc(C#N)cc3)CC2)c(C)n1Cc1ccccn1. The topological polar surface area (TPSA) is 65.2 Å². The van der Waals surface area contributed by atoms with E-state index in [2.05, 4.69) is 27.4 Å². The summed E-state index contributed by atoms with van der Waals surface area (Å²) < 4.78 is 2.17. The molecule has 0 spiro atoms. The van der Waals surface area contributed by atoms with E-state index in [4.69, 9.17) is 5.26 Å². The number of aryl methyl sites for hydroxylation is 1. The zero-order valence-electron chi connectivity index (χ0n) is 18.8. The number of amides is 1. The van der Waals surface area contributed by atoms with Crippen LogP contribution in [0, 0.1) is 25.2 Å². The predicted octanol–water partition coefficient (Wildman–Crippen LogP) is 3.77. The second-order valence-electron chi connectivity index (χ2n) is 8.42. The first-order valence-electron chi connectivity index (χ1n) is 11.1. The van der Waals surface area contributed by atoms with Crippen LogP contribution in [0.1, 0.15) is 45.0 Å². The molecule has 0 N–H and O–H groups in total. The molecule has 0 bridgehead atoms. The molecule has 2 aromatic heterocycles. The van der Waals surface area contributed by atoms with Crippen LogP contribution in [0.25, 0.3) is 0 Å². The molecule has 1 aliphatic heterocycles. The molecule has 0 unspecified atom stereocenters. The highest BCUT2D eigenvalue weighted by atomic mass is 16.2. The van der Waals surface area contributed by atoms with Gasteiger partial charge < -0.3 is 9.47 Å².